The maximum Gasteiger partial charge on any atom is 0.321 e. The fourth-order valence-electron chi connectivity index (χ4n) is 2.08. The minimum absolute atomic E-state index is 0.0357. The number of hydrogen-bond donors (Lipinski definition) is 1. The zero-order valence-electron chi connectivity index (χ0n) is 11.0. The van der Waals surface area contributed by atoms with Gasteiger partial charge in [-0.15, -0.1) is 0 Å². The monoisotopic (exact) mass is 248 g/mol. The summed E-state index contributed by atoms with van der Waals surface area (Å²) in [6.45, 7) is 7.82. The Balaban J connectivity index is 1.85. The lowest BCUT2D eigenvalue weighted by molar-refractivity contribution is 0.125. The highest BCUT2D eigenvalue weighted by atomic mass is 16.2. The first-order chi connectivity index (χ1) is 8.66. The first-order valence-electron chi connectivity index (χ1n) is 6.37. The molecular formula is C13H20N4O. The Morgan fingerprint density at radius 1 is 1.33 bits per heavy atom. The van der Waals surface area contributed by atoms with E-state index in [0.29, 0.717) is 6.04 Å². The molecular weight excluding hydrogens is 228 g/mol. The van der Waals surface area contributed by atoms with Crippen LogP contribution in [0.4, 0.5) is 10.5 Å². The van der Waals surface area contributed by atoms with Crippen molar-refractivity contribution in [2.24, 2.45) is 0 Å². The van der Waals surface area contributed by atoms with Gasteiger partial charge in [-0.25, -0.2) is 4.79 Å². The Morgan fingerprint density at radius 3 is 2.61 bits per heavy atom. The smallest absolute Gasteiger partial charge is 0.321 e. The second-order valence-corrected chi connectivity index (χ2v) is 4.79. The summed E-state index contributed by atoms with van der Waals surface area (Å²) in [7, 11) is 0. The molecule has 0 atom stereocenters. The zero-order valence-corrected chi connectivity index (χ0v) is 11.0. The van der Waals surface area contributed by atoms with Crippen molar-refractivity contribution in [2.45, 2.75) is 19.9 Å². The summed E-state index contributed by atoms with van der Waals surface area (Å²) in [6.07, 6.45) is 3.35. The minimum Gasteiger partial charge on any atom is -0.322 e. The quantitative estimate of drug-likeness (QED) is 0.865. The van der Waals surface area contributed by atoms with Crippen molar-refractivity contribution in [1.82, 2.24) is 14.8 Å². The lowest BCUT2D eigenvalue weighted by Crippen LogP contribution is -2.51. The van der Waals surface area contributed by atoms with Crippen LogP contribution < -0.4 is 5.32 Å². The summed E-state index contributed by atoms with van der Waals surface area (Å²) in [4.78, 5) is 20.2. The summed E-state index contributed by atoms with van der Waals surface area (Å²) in [5.41, 5.74) is 0.744. The van der Waals surface area contributed by atoms with E-state index in [9.17, 15) is 4.79 Å². The summed E-state index contributed by atoms with van der Waals surface area (Å²) >= 11 is 0. The zero-order chi connectivity index (χ0) is 13.0. The molecule has 18 heavy (non-hydrogen) atoms. The second-order valence-electron chi connectivity index (χ2n) is 4.79. The van der Waals surface area contributed by atoms with Gasteiger partial charge in [-0.3, -0.25) is 9.88 Å². The van der Waals surface area contributed by atoms with Crippen LogP contribution in [0.3, 0.4) is 0 Å². The van der Waals surface area contributed by atoms with Gasteiger partial charge in [-0.1, -0.05) is 0 Å². The lowest BCUT2D eigenvalue weighted by atomic mass is 10.2. The maximum atomic E-state index is 12.0. The highest BCUT2D eigenvalue weighted by molar-refractivity contribution is 5.89. The average molecular weight is 248 g/mol. The summed E-state index contributed by atoms with van der Waals surface area (Å²) in [6, 6.07) is 4.17. The fraction of sp³-hybridized carbons (Fsp3) is 0.538. The largest absolute Gasteiger partial charge is 0.322 e. The van der Waals surface area contributed by atoms with Crippen molar-refractivity contribution >= 4 is 11.7 Å². The van der Waals surface area contributed by atoms with Gasteiger partial charge < -0.3 is 10.2 Å². The van der Waals surface area contributed by atoms with E-state index in [-0.39, 0.29) is 6.03 Å². The van der Waals surface area contributed by atoms with Gasteiger partial charge in [0.2, 0.25) is 0 Å². The molecule has 0 aromatic carbocycles. The number of amides is 2. The molecule has 0 bridgehead atoms. The molecule has 1 aromatic heterocycles. The molecule has 0 unspecified atom stereocenters. The van der Waals surface area contributed by atoms with Crippen molar-refractivity contribution in [3.05, 3.63) is 24.5 Å². The van der Waals surface area contributed by atoms with Gasteiger partial charge in [0.05, 0.1) is 11.9 Å². The van der Waals surface area contributed by atoms with Crippen LogP contribution in [-0.2, 0) is 0 Å². The Labute approximate surface area is 108 Å². The van der Waals surface area contributed by atoms with Gasteiger partial charge in [-0.05, 0) is 26.0 Å². The molecule has 2 rings (SSSR count). The molecule has 1 aliphatic rings. The van der Waals surface area contributed by atoms with E-state index >= 15 is 0 Å². The first kappa shape index (κ1) is 12.8. The number of urea groups is 1. The van der Waals surface area contributed by atoms with E-state index in [2.05, 4.69) is 29.0 Å². The molecule has 2 amide bonds. The molecule has 1 aliphatic heterocycles. The minimum atomic E-state index is -0.0357. The van der Waals surface area contributed by atoms with Crippen molar-refractivity contribution in [2.75, 3.05) is 31.5 Å². The van der Waals surface area contributed by atoms with E-state index in [4.69, 9.17) is 0 Å². The van der Waals surface area contributed by atoms with Crippen LogP contribution in [0.1, 0.15) is 13.8 Å². The third-order valence-corrected chi connectivity index (χ3v) is 3.24. The van der Waals surface area contributed by atoms with Crippen molar-refractivity contribution in [3.63, 3.8) is 0 Å². The number of hydrogen-bond acceptors (Lipinski definition) is 3. The van der Waals surface area contributed by atoms with E-state index in [1.807, 2.05) is 17.0 Å². The van der Waals surface area contributed by atoms with Crippen LogP contribution in [0.5, 0.6) is 0 Å². The second kappa shape index (κ2) is 5.82. The van der Waals surface area contributed by atoms with Crippen molar-refractivity contribution in [1.29, 1.82) is 0 Å². The third-order valence-electron chi connectivity index (χ3n) is 3.24. The SMILES string of the molecule is CC(C)N1CCN(C(=O)Nc2cccnc2)CC1. The number of rotatable bonds is 2. The standard InChI is InChI=1S/C13H20N4O/c1-11(2)16-6-8-17(9-7-16)13(18)15-12-4-3-5-14-10-12/h3-5,10-11H,6-9H2,1-2H3,(H,15,18). The summed E-state index contributed by atoms with van der Waals surface area (Å²) in [5, 5.41) is 2.86. The van der Waals surface area contributed by atoms with Gasteiger partial charge in [0.15, 0.2) is 0 Å². The average Bonchev–Trinajstić information content (AvgIpc) is 2.40. The van der Waals surface area contributed by atoms with Gasteiger partial charge >= 0.3 is 6.03 Å². The van der Waals surface area contributed by atoms with Gasteiger partial charge in [0.25, 0.3) is 0 Å². The maximum absolute atomic E-state index is 12.0. The number of anilines is 1. The van der Waals surface area contributed by atoms with E-state index in [1.165, 1.54) is 0 Å². The predicted octanol–water partition coefficient (Wildman–Crippen LogP) is 1.64. The van der Waals surface area contributed by atoms with Gasteiger partial charge in [0, 0.05) is 38.4 Å². The lowest BCUT2D eigenvalue weighted by Gasteiger charge is -2.36. The molecule has 5 heteroatoms. The number of piperazine rings is 1. The third kappa shape index (κ3) is 3.20. The highest BCUT2D eigenvalue weighted by Crippen LogP contribution is 2.09. The summed E-state index contributed by atoms with van der Waals surface area (Å²) < 4.78 is 0. The first-order valence-corrected chi connectivity index (χ1v) is 6.37. The Bertz CT molecular complexity index is 385. The van der Waals surface area contributed by atoms with Crippen LogP contribution >= 0.6 is 0 Å². The Kier molecular flexibility index (Phi) is 4.15. The Morgan fingerprint density at radius 2 is 2.06 bits per heavy atom. The van der Waals surface area contributed by atoms with Gasteiger partial charge in [0.1, 0.15) is 0 Å². The molecule has 1 saturated heterocycles. The van der Waals surface area contributed by atoms with E-state index in [1.54, 1.807) is 12.4 Å². The number of carbonyl (C=O) groups excluding carboxylic acids is 1. The molecule has 0 aliphatic carbocycles. The number of carbonyl (C=O) groups is 1. The number of aromatic nitrogens is 1. The molecule has 0 spiro atoms. The highest BCUT2D eigenvalue weighted by Gasteiger charge is 2.22. The van der Waals surface area contributed by atoms with Gasteiger partial charge in [-0.2, -0.15) is 0 Å². The fourth-order valence-corrected chi connectivity index (χ4v) is 2.08. The molecule has 1 fully saturated rings. The number of nitrogens with one attached hydrogen (secondary N) is 1. The molecule has 5 nitrogen and oxygen atoms in total. The topological polar surface area (TPSA) is 48.5 Å². The van der Waals surface area contributed by atoms with Crippen LogP contribution in [0.25, 0.3) is 0 Å². The van der Waals surface area contributed by atoms with Crippen LogP contribution in [-0.4, -0.2) is 53.0 Å². The van der Waals surface area contributed by atoms with Crippen LogP contribution in [0, 0.1) is 0 Å². The number of nitrogens with zero attached hydrogens (tertiary/aromatic N) is 3. The Hall–Kier alpha value is -1.62. The van der Waals surface area contributed by atoms with Crippen molar-refractivity contribution in [3.8, 4) is 0 Å². The molecule has 1 N–H and O–H groups in total. The normalized spacial score (nSPS) is 16.9. The predicted molar refractivity (Wildman–Crippen MR) is 71.5 cm³/mol. The van der Waals surface area contributed by atoms with Crippen LogP contribution in [0.2, 0.25) is 0 Å². The number of pyridine rings is 1. The molecule has 0 saturated carbocycles. The molecule has 0 radical (unpaired) electrons. The van der Waals surface area contributed by atoms with E-state index in [0.717, 1.165) is 31.9 Å². The molecule has 98 valence electrons. The van der Waals surface area contributed by atoms with Crippen molar-refractivity contribution < 1.29 is 4.79 Å². The van der Waals surface area contributed by atoms with Crippen LogP contribution in [0.15, 0.2) is 24.5 Å². The van der Waals surface area contributed by atoms with E-state index < -0.39 is 0 Å². The summed E-state index contributed by atoms with van der Waals surface area (Å²) in [5.74, 6) is 0. The molecule has 2 heterocycles. The molecule has 1 aromatic rings.